The van der Waals surface area contributed by atoms with Crippen molar-refractivity contribution in [1.82, 2.24) is 14.9 Å². The first-order valence-corrected chi connectivity index (χ1v) is 6.50. The predicted molar refractivity (Wildman–Crippen MR) is 76.6 cm³/mol. The van der Waals surface area contributed by atoms with Crippen LogP contribution in [0.25, 0.3) is 0 Å². The number of carbonyl (C=O) groups excluding carboxylic acids is 1. The molecule has 7 heteroatoms. The minimum Gasteiger partial charge on any atom is -0.358 e. The van der Waals surface area contributed by atoms with Gasteiger partial charge >= 0.3 is 5.82 Å². The molecule has 2 aromatic rings. The first-order chi connectivity index (χ1) is 9.99. The number of hydrogen-bond acceptors (Lipinski definition) is 4. The molecular weight excluding hydrogens is 272 g/mol. The van der Waals surface area contributed by atoms with E-state index in [-0.39, 0.29) is 24.3 Å². The molecule has 0 saturated heterocycles. The SMILES string of the molecule is Cc1ncc([N+](=O)[O-])n1CC(=O)NC(C)c1ccccc1. The average molecular weight is 288 g/mol. The number of nitro groups is 1. The molecule has 0 spiro atoms. The quantitative estimate of drug-likeness (QED) is 0.672. The van der Waals surface area contributed by atoms with E-state index in [0.29, 0.717) is 5.82 Å². The van der Waals surface area contributed by atoms with Gasteiger partial charge in [-0.25, -0.2) is 9.55 Å². The Labute approximate surface area is 121 Å². The molecule has 0 aliphatic heterocycles. The van der Waals surface area contributed by atoms with Gasteiger partial charge < -0.3 is 15.4 Å². The fraction of sp³-hybridized carbons (Fsp3) is 0.286. The van der Waals surface area contributed by atoms with E-state index in [1.54, 1.807) is 6.92 Å². The number of imidazole rings is 1. The number of nitrogens with zero attached hydrogens (tertiary/aromatic N) is 3. The Morgan fingerprint density at radius 3 is 2.71 bits per heavy atom. The van der Waals surface area contributed by atoms with Crippen LogP contribution in [0.3, 0.4) is 0 Å². The molecular formula is C14H16N4O3. The van der Waals surface area contributed by atoms with Crippen LogP contribution < -0.4 is 5.32 Å². The summed E-state index contributed by atoms with van der Waals surface area (Å²) in [5, 5.41) is 13.7. The Morgan fingerprint density at radius 2 is 2.10 bits per heavy atom. The smallest absolute Gasteiger partial charge is 0.343 e. The van der Waals surface area contributed by atoms with E-state index in [0.717, 1.165) is 11.8 Å². The zero-order chi connectivity index (χ0) is 15.4. The Bertz CT molecular complexity index is 651. The molecule has 1 unspecified atom stereocenters. The van der Waals surface area contributed by atoms with Gasteiger partial charge in [0.1, 0.15) is 6.20 Å². The van der Waals surface area contributed by atoms with E-state index in [1.165, 1.54) is 4.57 Å². The highest BCUT2D eigenvalue weighted by atomic mass is 16.6. The largest absolute Gasteiger partial charge is 0.358 e. The summed E-state index contributed by atoms with van der Waals surface area (Å²) in [5.41, 5.74) is 0.975. The average Bonchev–Trinajstić information content (AvgIpc) is 2.81. The maximum Gasteiger partial charge on any atom is 0.343 e. The van der Waals surface area contributed by atoms with Crippen LogP contribution in [0.5, 0.6) is 0 Å². The van der Waals surface area contributed by atoms with Crippen LogP contribution >= 0.6 is 0 Å². The van der Waals surface area contributed by atoms with Crippen LogP contribution in [-0.4, -0.2) is 20.4 Å². The van der Waals surface area contributed by atoms with Crippen molar-refractivity contribution < 1.29 is 9.72 Å². The van der Waals surface area contributed by atoms with Gasteiger partial charge in [0.2, 0.25) is 0 Å². The van der Waals surface area contributed by atoms with Crippen LogP contribution in [0.1, 0.15) is 24.4 Å². The van der Waals surface area contributed by atoms with Crippen molar-refractivity contribution >= 4 is 11.7 Å². The highest BCUT2D eigenvalue weighted by Gasteiger charge is 2.21. The molecule has 0 aliphatic rings. The normalized spacial score (nSPS) is 11.9. The van der Waals surface area contributed by atoms with Gasteiger partial charge in [0, 0.05) is 6.92 Å². The summed E-state index contributed by atoms with van der Waals surface area (Å²) in [6.07, 6.45) is 1.16. The van der Waals surface area contributed by atoms with Crippen molar-refractivity contribution in [1.29, 1.82) is 0 Å². The number of rotatable bonds is 5. The molecule has 110 valence electrons. The van der Waals surface area contributed by atoms with Gasteiger partial charge in [0.15, 0.2) is 12.4 Å². The fourth-order valence-electron chi connectivity index (χ4n) is 2.05. The first-order valence-electron chi connectivity index (χ1n) is 6.50. The van der Waals surface area contributed by atoms with Crippen molar-refractivity contribution in [2.24, 2.45) is 0 Å². The van der Waals surface area contributed by atoms with Crippen molar-refractivity contribution in [2.45, 2.75) is 26.4 Å². The summed E-state index contributed by atoms with van der Waals surface area (Å²) >= 11 is 0. The summed E-state index contributed by atoms with van der Waals surface area (Å²) < 4.78 is 1.28. The molecule has 1 atom stereocenters. The minimum absolute atomic E-state index is 0.126. The highest BCUT2D eigenvalue weighted by Crippen LogP contribution is 2.14. The summed E-state index contributed by atoms with van der Waals surface area (Å²) in [7, 11) is 0. The molecule has 21 heavy (non-hydrogen) atoms. The lowest BCUT2D eigenvalue weighted by Gasteiger charge is -2.13. The van der Waals surface area contributed by atoms with Crippen molar-refractivity contribution in [2.75, 3.05) is 0 Å². The molecule has 0 saturated carbocycles. The molecule has 2 rings (SSSR count). The van der Waals surface area contributed by atoms with Crippen molar-refractivity contribution in [3.8, 4) is 0 Å². The van der Waals surface area contributed by atoms with Crippen LogP contribution in [0.2, 0.25) is 0 Å². The second-order valence-corrected chi connectivity index (χ2v) is 4.71. The number of aryl methyl sites for hydroxylation is 1. The van der Waals surface area contributed by atoms with Gasteiger partial charge in [0.05, 0.1) is 6.04 Å². The van der Waals surface area contributed by atoms with Crippen LogP contribution in [-0.2, 0) is 11.3 Å². The Balaban J connectivity index is 2.06. The van der Waals surface area contributed by atoms with Crippen LogP contribution in [0, 0.1) is 17.0 Å². The maximum absolute atomic E-state index is 12.0. The third kappa shape index (κ3) is 3.44. The molecule has 1 aromatic carbocycles. The number of carbonyl (C=O) groups is 1. The zero-order valence-corrected chi connectivity index (χ0v) is 11.8. The molecule has 1 aromatic heterocycles. The van der Waals surface area contributed by atoms with E-state index >= 15 is 0 Å². The predicted octanol–water partition coefficient (Wildman–Crippen LogP) is 1.98. The highest BCUT2D eigenvalue weighted by molar-refractivity contribution is 5.76. The Kier molecular flexibility index (Phi) is 4.32. The van der Waals surface area contributed by atoms with Gasteiger partial charge in [-0.05, 0) is 17.4 Å². The van der Waals surface area contributed by atoms with E-state index in [4.69, 9.17) is 0 Å². The van der Waals surface area contributed by atoms with Crippen LogP contribution in [0.4, 0.5) is 5.82 Å². The monoisotopic (exact) mass is 288 g/mol. The number of aromatic nitrogens is 2. The standard InChI is InChI=1S/C14H16N4O3/c1-10(12-6-4-3-5-7-12)16-13(19)9-17-11(2)15-8-14(17)18(20)21/h3-8,10H,9H2,1-2H3,(H,16,19). The molecule has 1 amide bonds. The summed E-state index contributed by atoms with van der Waals surface area (Å²) in [4.78, 5) is 26.2. The van der Waals surface area contributed by atoms with E-state index in [1.807, 2.05) is 37.3 Å². The van der Waals surface area contributed by atoms with E-state index in [2.05, 4.69) is 10.3 Å². The molecule has 1 N–H and O–H groups in total. The topological polar surface area (TPSA) is 90.1 Å². The molecule has 0 bridgehead atoms. The Morgan fingerprint density at radius 1 is 1.43 bits per heavy atom. The number of hydrogen-bond donors (Lipinski definition) is 1. The number of benzene rings is 1. The van der Waals surface area contributed by atoms with Gasteiger partial charge in [0.25, 0.3) is 5.91 Å². The maximum atomic E-state index is 12.0. The summed E-state index contributed by atoms with van der Waals surface area (Å²) in [6, 6.07) is 9.34. The third-order valence-corrected chi connectivity index (χ3v) is 3.20. The lowest BCUT2D eigenvalue weighted by molar-refractivity contribution is -0.392. The van der Waals surface area contributed by atoms with E-state index in [9.17, 15) is 14.9 Å². The first kappa shape index (κ1) is 14.7. The number of nitrogens with one attached hydrogen (secondary N) is 1. The molecule has 0 aliphatic carbocycles. The summed E-state index contributed by atoms with van der Waals surface area (Å²) in [5.74, 6) is -0.0465. The van der Waals surface area contributed by atoms with Gasteiger partial charge in [-0.1, -0.05) is 30.3 Å². The molecule has 0 fully saturated rings. The van der Waals surface area contributed by atoms with Crippen molar-refractivity contribution in [3.63, 3.8) is 0 Å². The molecule has 1 heterocycles. The molecule has 7 nitrogen and oxygen atoms in total. The number of amides is 1. The fourth-order valence-corrected chi connectivity index (χ4v) is 2.05. The van der Waals surface area contributed by atoms with Crippen LogP contribution in [0.15, 0.2) is 36.5 Å². The lowest BCUT2D eigenvalue weighted by Crippen LogP contribution is -2.30. The van der Waals surface area contributed by atoms with Gasteiger partial charge in [-0.2, -0.15) is 0 Å². The minimum atomic E-state index is -0.548. The third-order valence-electron chi connectivity index (χ3n) is 3.20. The van der Waals surface area contributed by atoms with Crippen molar-refractivity contribution in [3.05, 3.63) is 58.0 Å². The van der Waals surface area contributed by atoms with E-state index < -0.39 is 4.92 Å². The summed E-state index contributed by atoms with van der Waals surface area (Å²) in [6.45, 7) is 3.36. The second-order valence-electron chi connectivity index (χ2n) is 4.71. The lowest BCUT2D eigenvalue weighted by atomic mass is 10.1. The van der Waals surface area contributed by atoms with Gasteiger partial charge in [-0.3, -0.25) is 4.79 Å². The zero-order valence-electron chi connectivity index (χ0n) is 11.8. The molecule has 0 radical (unpaired) electrons. The van der Waals surface area contributed by atoms with Gasteiger partial charge in [-0.15, -0.1) is 0 Å². The second kappa shape index (κ2) is 6.17. The Hall–Kier alpha value is -2.70.